The summed E-state index contributed by atoms with van der Waals surface area (Å²) in [7, 11) is 3.16. The van der Waals surface area contributed by atoms with E-state index in [1.54, 1.807) is 32.4 Å². The molecular formula is C19H20ClNO3. The third-order valence-electron chi connectivity index (χ3n) is 3.60. The maximum atomic E-state index is 12.2. The number of carbonyl (C=O) groups excluding carboxylic acids is 1. The Kier molecular flexibility index (Phi) is 6.27. The van der Waals surface area contributed by atoms with Gasteiger partial charge in [0.05, 0.1) is 25.8 Å². The fourth-order valence-corrected chi connectivity index (χ4v) is 2.43. The number of rotatable bonds is 6. The number of nitrogens with one attached hydrogen (secondary N) is 1. The fraction of sp³-hybridized carbons (Fsp3) is 0.211. The summed E-state index contributed by atoms with van der Waals surface area (Å²) in [5, 5.41) is 3.58. The Morgan fingerprint density at radius 3 is 2.21 bits per heavy atom. The topological polar surface area (TPSA) is 47.6 Å². The number of amides is 1. The van der Waals surface area contributed by atoms with Gasteiger partial charge in [-0.2, -0.15) is 0 Å². The molecule has 0 fully saturated rings. The molecule has 5 heteroatoms. The second kappa shape index (κ2) is 8.41. The van der Waals surface area contributed by atoms with Gasteiger partial charge in [-0.1, -0.05) is 29.8 Å². The van der Waals surface area contributed by atoms with Crippen molar-refractivity contribution in [3.8, 4) is 11.5 Å². The number of ether oxygens (including phenoxy) is 2. The van der Waals surface area contributed by atoms with Gasteiger partial charge >= 0.3 is 0 Å². The van der Waals surface area contributed by atoms with Crippen LogP contribution in [0.25, 0.3) is 6.08 Å². The van der Waals surface area contributed by atoms with E-state index in [1.165, 1.54) is 6.08 Å². The molecule has 1 N–H and O–H groups in total. The highest BCUT2D eigenvalue weighted by Crippen LogP contribution is 2.29. The van der Waals surface area contributed by atoms with E-state index in [9.17, 15) is 4.79 Å². The average Bonchev–Trinajstić information content (AvgIpc) is 2.59. The molecule has 0 aromatic heterocycles. The molecule has 1 atom stereocenters. The number of methoxy groups -OCH3 is 2. The molecule has 0 aliphatic rings. The van der Waals surface area contributed by atoms with Crippen molar-refractivity contribution in [3.63, 3.8) is 0 Å². The van der Waals surface area contributed by atoms with Crippen molar-refractivity contribution in [2.75, 3.05) is 14.2 Å². The van der Waals surface area contributed by atoms with E-state index in [0.29, 0.717) is 16.5 Å². The SMILES string of the molecule is COc1cccc(OC)c1/C=C/C(=O)NC(C)c1ccc(Cl)cc1. The van der Waals surface area contributed by atoms with Crippen LogP contribution >= 0.6 is 11.6 Å². The summed E-state index contributed by atoms with van der Waals surface area (Å²) in [6, 6.07) is 12.7. The summed E-state index contributed by atoms with van der Waals surface area (Å²) in [6.45, 7) is 1.92. The zero-order valence-electron chi connectivity index (χ0n) is 13.9. The van der Waals surface area contributed by atoms with Gasteiger partial charge in [0.1, 0.15) is 11.5 Å². The minimum absolute atomic E-state index is 0.126. The van der Waals surface area contributed by atoms with Gasteiger partial charge in [0, 0.05) is 11.1 Å². The monoisotopic (exact) mass is 345 g/mol. The smallest absolute Gasteiger partial charge is 0.244 e. The van der Waals surface area contributed by atoms with E-state index in [0.717, 1.165) is 11.1 Å². The Morgan fingerprint density at radius 1 is 1.08 bits per heavy atom. The second-order valence-corrected chi connectivity index (χ2v) is 5.63. The van der Waals surface area contributed by atoms with Crippen LogP contribution in [0.15, 0.2) is 48.5 Å². The maximum Gasteiger partial charge on any atom is 0.244 e. The molecular weight excluding hydrogens is 326 g/mol. The van der Waals surface area contributed by atoms with Crippen molar-refractivity contribution < 1.29 is 14.3 Å². The maximum absolute atomic E-state index is 12.2. The Balaban J connectivity index is 2.09. The van der Waals surface area contributed by atoms with E-state index < -0.39 is 0 Å². The molecule has 2 rings (SSSR count). The van der Waals surface area contributed by atoms with Gasteiger partial charge in [0.2, 0.25) is 5.91 Å². The van der Waals surface area contributed by atoms with E-state index >= 15 is 0 Å². The fourth-order valence-electron chi connectivity index (χ4n) is 2.30. The first kappa shape index (κ1) is 17.9. The van der Waals surface area contributed by atoms with Crippen LogP contribution in [0, 0.1) is 0 Å². The van der Waals surface area contributed by atoms with Crippen molar-refractivity contribution in [1.29, 1.82) is 0 Å². The van der Waals surface area contributed by atoms with Gasteiger partial charge in [-0.3, -0.25) is 4.79 Å². The van der Waals surface area contributed by atoms with Gasteiger partial charge in [-0.15, -0.1) is 0 Å². The van der Waals surface area contributed by atoms with Crippen LogP contribution in [0.3, 0.4) is 0 Å². The Hall–Kier alpha value is -2.46. The third-order valence-corrected chi connectivity index (χ3v) is 3.85. The highest BCUT2D eigenvalue weighted by molar-refractivity contribution is 6.30. The molecule has 2 aromatic carbocycles. The molecule has 0 saturated carbocycles. The first-order valence-electron chi connectivity index (χ1n) is 7.50. The molecule has 0 spiro atoms. The first-order chi connectivity index (χ1) is 11.5. The predicted octanol–water partition coefficient (Wildman–Crippen LogP) is 4.25. The van der Waals surface area contributed by atoms with Crippen LogP contribution in [0.1, 0.15) is 24.1 Å². The molecule has 2 aromatic rings. The highest BCUT2D eigenvalue weighted by Gasteiger charge is 2.09. The van der Waals surface area contributed by atoms with Gasteiger partial charge in [-0.05, 0) is 42.8 Å². The summed E-state index contributed by atoms with van der Waals surface area (Å²) in [6.07, 6.45) is 3.15. The summed E-state index contributed by atoms with van der Waals surface area (Å²) < 4.78 is 10.6. The first-order valence-corrected chi connectivity index (χ1v) is 7.88. The minimum atomic E-state index is -0.203. The molecule has 0 heterocycles. The Morgan fingerprint density at radius 2 is 1.67 bits per heavy atom. The summed E-state index contributed by atoms with van der Waals surface area (Å²) in [5.41, 5.74) is 1.70. The van der Waals surface area contributed by atoms with Crippen LogP contribution in [-0.2, 0) is 4.79 Å². The molecule has 1 amide bonds. The van der Waals surface area contributed by atoms with Gasteiger partial charge in [-0.25, -0.2) is 0 Å². The number of hydrogen-bond donors (Lipinski definition) is 1. The minimum Gasteiger partial charge on any atom is -0.496 e. The van der Waals surface area contributed by atoms with Crippen molar-refractivity contribution in [1.82, 2.24) is 5.32 Å². The molecule has 0 saturated heterocycles. The number of carbonyl (C=O) groups is 1. The molecule has 0 bridgehead atoms. The van der Waals surface area contributed by atoms with Crippen molar-refractivity contribution in [2.24, 2.45) is 0 Å². The van der Waals surface area contributed by atoms with Crippen LogP contribution in [0.5, 0.6) is 11.5 Å². The summed E-state index contributed by atoms with van der Waals surface area (Å²) in [5.74, 6) is 1.08. The van der Waals surface area contributed by atoms with Gasteiger partial charge < -0.3 is 14.8 Å². The standard InChI is InChI=1S/C19H20ClNO3/c1-13(14-7-9-15(20)10-8-14)21-19(22)12-11-16-17(23-2)5-4-6-18(16)24-3/h4-13H,1-3H3,(H,21,22)/b12-11+. The summed E-state index contributed by atoms with van der Waals surface area (Å²) >= 11 is 5.87. The second-order valence-electron chi connectivity index (χ2n) is 5.19. The highest BCUT2D eigenvalue weighted by atomic mass is 35.5. The Bertz CT molecular complexity index is 704. The predicted molar refractivity (Wildman–Crippen MR) is 96.6 cm³/mol. The normalized spacial score (nSPS) is 12.0. The largest absolute Gasteiger partial charge is 0.496 e. The quantitative estimate of drug-likeness (QED) is 0.796. The number of benzene rings is 2. The lowest BCUT2D eigenvalue weighted by Crippen LogP contribution is -2.24. The van der Waals surface area contributed by atoms with Crippen LogP contribution in [0.4, 0.5) is 0 Å². The van der Waals surface area contributed by atoms with E-state index in [1.807, 2.05) is 37.3 Å². The molecule has 0 radical (unpaired) electrons. The zero-order chi connectivity index (χ0) is 17.5. The van der Waals surface area contributed by atoms with Crippen molar-refractivity contribution in [3.05, 3.63) is 64.7 Å². The third kappa shape index (κ3) is 4.52. The molecule has 126 valence electrons. The van der Waals surface area contributed by atoms with Crippen molar-refractivity contribution >= 4 is 23.6 Å². The zero-order valence-corrected chi connectivity index (χ0v) is 14.6. The molecule has 4 nitrogen and oxygen atoms in total. The van der Waals surface area contributed by atoms with Crippen LogP contribution in [-0.4, -0.2) is 20.1 Å². The van der Waals surface area contributed by atoms with Crippen LogP contribution < -0.4 is 14.8 Å². The van der Waals surface area contributed by atoms with Crippen molar-refractivity contribution in [2.45, 2.75) is 13.0 Å². The molecule has 0 aliphatic carbocycles. The Labute approximate surface area is 147 Å². The lowest BCUT2D eigenvalue weighted by atomic mass is 10.1. The molecule has 0 aliphatic heterocycles. The van der Waals surface area contributed by atoms with Gasteiger partial charge in [0.15, 0.2) is 0 Å². The van der Waals surface area contributed by atoms with E-state index in [2.05, 4.69) is 5.32 Å². The molecule has 1 unspecified atom stereocenters. The lowest BCUT2D eigenvalue weighted by molar-refractivity contribution is -0.117. The van der Waals surface area contributed by atoms with Crippen LogP contribution in [0.2, 0.25) is 5.02 Å². The lowest BCUT2D eigenvalue weighted by Gasteiger charge is -2.13. The van der Waals surface area contributed by atoms with Gasteiger partial charge in [0.25, 0.3) is 0 Å². The number of hydrogen-bond acceptors (Lipinski definition) is 3. The average molecular weight is 346 g/mol. The number of halogens is 1. The summed E-state index contributed by atoms with van der Waals surface area (Å²) in [4.78, 5) is 12.2. The van der Waals surface area contributed by atoms with E-state index in [4.69, 9.17) is 21.1 Å². The molecule has 24 heavy (non-hydrogen) atoms. The van der Waals surface area contributed by atoms with E-state index in [-0.39, 0.29) is 11.9 Å².